The van der Waals surface area contributed by atoms with Crippen LogP contribution in [0.5, 0.6) is 5.75 Å². The molecule has 0 N–H and O–H groups in total. The van der Waals surface area contributed by atoms with Gasteiger partial charge in [0.2, 0.25) is 0 Å². The Morgan fingerprint density at radius 3 is 2.50 bits per heavy atom. The minimum atomic E-state index is -0.0317. The highest BCUT2D eigenvalue weighted by molar-refractivity contribution is 5.77. The molecule has 0 unspecified atom stereocenters. The molecule has 0 saturated carbocycles. The summed E-state index contributed by atoms with van der Waals surface area (Å²) in [4.78, 5) is 14.4. The number of hydrogen-bond acceptors (Lipinski definition) is 4. The summed E-state index contributed by atoms with van der Waals surface area (Å²) in [5, 5.41) is 8.74. The van der Waals surface area contributed by atoms with Gasteiger partial charge < -0.3 is 14.2 Å². The molecule has 0 saturated heterocycles. The maximum atomic E-state index is 12.6. The molecule has 2 heterocycles. The Bertz CT molecular complexity index is 924. The fourth-order valence-electron chi connectivity index (χ4n) is 3.63. The van der Waals surface area contributed by atoms with Gasteiger partial charge in [-0.3, -0.25) is 4.79 Å². The smallest absolute Gasteiger partial charge is 0.260 e. The third kappa shape index (κ3) is 4.06. The van der Waals surface area contributed by atoms with E-state index in [1.165, 1.54) is 5.56 Å². The van der Waals surface area contributed by atoms with E-state index in [4.69, 9.17) is 4.74 Å². The number of aromatic nitrogens is 3. The van der Waals surface area contributed by atoms with Crippen LogP contribution in [0, 0.1) is 0 Å². The van der Waals surface area contributed by atoms with Crippen LogP contribution in [-0.4, -0.2) is 38.7 Å². The Morgan fingerprint density at radius 1 is 1.04 bits per heavy atom. The molecule has 4 rings (SSSR count). The van der Waals surface area contributed by atoms with E-state index in [0.717, 1.165) is 24.5 Å². The van der Waals surface area contributed by atoms with Crippen LogP contribution < -0.4 is 4.74 Å². The maximum Gasteiger partial charge on any atom is 0.260 e. The Labute approximate surface area is 164 Å². The predicted octanol–water partition coefficient (Wildman–Crippen LogP) is 3.05. The topological polar surface area (TPSA) is 60.3 Å². The molecule has 1 amide bonds. The monoisotopic (exact) mass is 376 g/mol. The SMILES string of the molecule is C[C@H]1CN(C(=O)COc2ccccc2)Cc2nnc(CCc3ccccc3)n21. The van der Waals surface area contributed by atoms with E-state index in [1.807, 2.05) is 36.4 Å². The summed E-state index contributed by atoms with van der Waals surface area (Å²) in [6.07, 6.45) is 1.77. The third-order valence-electron chi connectivity index (χ3n) is 5.03. The number of fused-ring (bicyclic) bond motifs is 1. The highest BCUT2D eigenvalue weighted by atomic mass is 16.5. The number of hydrogen-bond donors (Lipinski definition) is 0. The molecule has 1 aliphatic rings. The molecule has 6 heteroatoms. The van der Waals surface area contributed by atoms with Gasteiger partial charge in [-0.1, -0.05) is 48.5 Å². The molecule has 0 bridgehead atoms. The Hall–Kier alpha value is -3.15. The molecule has 144 valence electrons. The highest BCUT2D eigenvalue weighted by Crippen LogP contribution is 2.22. The molecular formula is C22H24N4O2. The normalized spacial score (nSPS) is 15.9. The summed E-state index contributed by atoms with van der Waals surface area (Å²) < 4.78 is 7.79. The number of carbonyl (C=O) groups excluding carboxylic acids is 1. The molecule has 1 atom stereocenters. The minimum Gasteiger partial charge on any atom is -0.484 e. The van der Waals surface area contributed by atoms with Crippen LogP contribution in [0.15, 0.2) is 60.7 Å². The van der Waals surface area contributed by atoms with Crippen molar-refractivity contribution in [2.75, 3.05) is 13.2 Å². The van der Waals surface area contributed by atoms with E-state index in [-0.39, 0.29) is 18.6 Å². The number of benzene rings is 2. The summed E-state index contributed by atoms with van der Waals surface area (Å²) in [6.45, 7) is 3.25. The Kier molecular flexibility index (Phi) is 5.37. The van der Waals surface area contributed by atoms with Crippen molar-refractivity contribution in [2.24, 2.45) is 0 Å². The average molecular weight is 376 g/mol. The van der Waals surface area contributed by atoms with Gasteiger partial charge in [0.05, 0.1) is 12.6 Å². The van der Waals surface area contributed by atoms with Crippen molar-refractivity contribution in [3.05, 3.63) is 77.9 Å². The third-order valence-corrected chi connectivity index (χ3v) is 5.03. The molecule has 28 heavy (non-hydrogen) atoms. The van der Waals surface area contributed by atoms with E-state index >= 15 is 0 Å². The van der Waals surface area contributed by atoms with Gasteiger partial charge >= 0.3 is 0 Å². The molecule has 3 aromatic rings. The highest BCUT2D eigenvalue weighted by Gasteiger charge is 2.29. The lowest BCUT2D eigenvalue weighted by molar-refractivity contribution is -0.135. The number of ether oxygens (including phenoxy) is 1. The summed E-state index contributed by atoms with van der Waals surface area (Å²) in [5.74, 6) is 2.50. The molecule has 1 aromatic heterocycles. The molecular weight excluding hydrogens is 352 g/mol. The van der Waals surface area contributed by atoms with Crippen LogP contribution in [0.3, 0.4) is 0 Å². The van der Waals surface area contributed by atoms with Crippen LogP contribution in [0.2, 0.25) is 0 Å². The molecule has 1 aliphatic heterocycles. The lowest BCUT2D eigenvalue weighted by Crippen LogP contribution is -2.42. The molecule has 6 nitrogen and oxygen atoms in total. The summed E-state index contributed by atoms with van der Waals surface area (Å²) >= 11 is 0. The Balaban J connectivity index is 1.38. The number of rotatable bonds is 6. The number of amides is 1. The lowest BCUT2D eigenvalue weighted by atomic mass is 10.1. The first-order valence-corrected chi connectivity index (χ1v) is 9.63. The zero-order valence-electron chi connectivity index (χ0n) is 16.0. The van der Waals surface area contributed by atoms with E-state index in [0.29, 0.717) is 18.8 Å². The van der Waals surface area contributed by atoms with Gasteiger partial charge in [0.25, 0.3) is 5.91 Å². The largest absolute Gasteiger partial charge is 0.484 e. The van der Waals surface area contributed by atoms with Gasteiger partial charge in [0.1, 0.15) is 11.6 Å². The molecule has 0 fully saturated rings. The zero-order valence-corrected chi connectivity index (χ0v) is 16.0. The Morgan fingerprint density at radius 2 is 1.75 bits per heavy atom. The van der Waals surface area contributed by atoms with E-state index in [2.05, 4.69) is 46.0 Å². The van der Waals surface area contributed by atoms with Crippen molar-refractivity contribution in [1.29, 1.82) is 0 Å². The predicted molar refractivity (Wildman–Crippen MR) is 106 cm³/mol. The fraction of sp³-hybridized carbons (Fsp3) is 0.318. The van der Waals surface area contributed by atoms with Crippen molar-refractivity contribution >= 4 is 5.91 Å². The first-order valence-electron chi connectivity index (χ1n) is 9.63. The van der Waals surface area contributed by atoms with Crippen LogP contribution in [-0.2, 0) is 24.2 Å². The first-order chi connectivity index (χ1) is 13.7. The number of para-hydroxylation sites is 1. The zero-order chi connectivity index (χ0) is 19.3. The minimum absolute atomic E-state index is 0.0317. The van der Waals surface area contributed by atoms with E-state index < -0.39 is 0 Å². The van der Waals surface area contributed by atoms with Crippen molar-refractivity contribution < 1.29 is 9.53 Å². The van der Waals surface area contributed by atoms with Crippen molar-refractivity contribution in [1.82, 2.24) is 19.7 Å². The number of aryl methyl sites for hydroxylation is 2. The van der Waals surface area contributed by atoms with Gasteiger partial charge in [-0.2, -0.15) is 0 Å². The van der Waals surface area contributed by atoms with Gasteiger partial charge in [-0.15, -0.1) is 10.2 Å². The number of nitrogens with zero attached hydrogens (tertiary/aromatic N) is 4. The molecule has 0 aliphatic carbocycles. The van der Waals surface area contributed by atoms with Crippen LogP contribution in [0.4, 0.5) is 0 Å². The second-order valence-electron chi connectivity index (χ2n) is 7.11. The van der Waals surface area contributed by atoms with E-state index in [1.54, 1.807) is 4.90 Å². The average Bonchev–Trinajstić information content (AvgIpc) is 3.15. The van der Waals surface area contributed by atoms with Gasteiger partial charge in [-0.05, 0) is 31.0 Å². The molecule has 0 spiro atoms. The van der Waals surface area contributed by atoms with Crippen molar-refractivity contribution in [3.8, 4) is 5.75 Å². The standard InChI is InChI=1S/C22H24N4O2/c1-17-14-25(22(27)16-28-19-10-6-3-7-11-19)15-21-24-23-20(26(17)21)13-12-18-8-4-2-5-9-18/h2-11,17H,12-16H2,1H3/t17-/m0/s1. The van der Waals surface area contributed by atoms with Gasteiger partial charge in [0, 0.05) is 13.0 Å². The van der Waals surface area contributed by atoms with Crippen LogP contribution in [0.1, 0.15) is 30.2 Å². The second kappa shape index (κ2) is 8.25. The van der Waals surface area contributed by atoms with Crippen molar-refractivity contribution in [2.45, 2.75) is 32.4 Å². The summed E-state index contributed by atoms with van der Waals surface area (Å²) in [5.41, 5.74) is 1.29. The summed E-state index contributed by atoms with van der Waals surface area (Å²) in [6, 6.07) is 19.9. The summed E-state index contributed by atoms with van der Waals surface area (Å²) in [7, 11) is 0. The second-order valence-corrected chi connectivity index (χ2v) is 7.11. The number of carbonyl (C=O) groups is 1. The fourth-order valence-corrected chi connectivity index (χ4v) is 3.63. The quantitative estimate of drug-likeness (QED) is 0.663. The lowest BCUT2D eigenvalue weighted by Gasteiger charge is -2.32. The maximum absolute atomic E-state index is 12.6. The molecule has 2 aromatic carbocycles. The van der Waals surface area contributed by atoms with Gasteiger partial charge in [0.15, 0.2) is 12.4 Å². The van der Waals surface area contributed by atoms with Crippen LogP contribution >= 0.6 is 0 Å². The van der Waals surface area contributed by atoms with E-state index in [9.17, 15) is 4.79 Å². The van der Waals surface area contributed by atoms with Crippen LogP contribution in [0.25, 0.3) is 0 Å². The van der Waals surface area contributed by atoms with Crippen molar-refractivity contribution in [3.63, 3.8) is 0 Å². The van der Waals surface area contributed by atoms with Gasteiger partial charge in [-0.25, -0.2) is 0 Å². The molecule has 0 radical (unpaired) electrons. The first kappa shape index (κ1) is 18.2.